The van der Waals surface area contributed by atoms with Crippen molar-refractivity contribution in [3.8, 4) is 5.75 Å². The van der Waals surface area contributed by atoms with Crippen molar-refractivity contribution in [3.05, 3.63) is 29.3 Å². The fourth-order valence-corrected chi connectivity index (χ4v) is 6.19. The lowest BCUT2D eigenvalue weighted by Crippen LogP contribution is -2.42. The first-order chi connectivity index (χ1) is 11.7. The van der Waals surface area contributed by atoms with Gasteiger partial charge in [-0.1, -0.05) is 19.9 Å². The van der Waals surface area contributed by atoms with Gasteiger partial charge in [-0.05, 0) is 73.1 Å². The third kappa shape index (κ3) is 2.70. The summed E-state index contributed by atoms with van der Waals surface area (Å²) in [5, 5.41) is 0. The number of hydrogen-bond donors (Lipinski definition) is 1. The Balaban J connectivity index is 1.65. The second-order valence-electron chi connectivity index (χ2n) is 8.24. The molecule has 0 heterocycles. The van der Waals surface area contributed by atoms with Crippen molar-refractivity contribution in [3.63, 3.8) is 0 Å². The maximum absolute atomic E-state index is 12.7. The van der Waals surface area contributed by atoms with E-state index >= 15 is 0 Å². The van der Waals surface area contributed by atoms with Crippen molar-refractivity contribution < 1.29 is 21.9 Å². The number of hydrogen-bond acceptors (Lipinski definition) is 4. The number of rotatable bonds is 2. The lowest BCUT2D eigenvalue weighted by atomic mass is 9.55. The molecule has 1 aromatic rings. The average Bonchev–Trinajstić information content (AvgIpc) is 2.76. The van der Waals surface area contributed by atoms with E-state index in [2.05, 4.69) is 18.0 Å². The molecule has 4 rings (SSSR count). The average molecular weight is 364 g/mol. The summed E-state index contributed by atoms with van der Waals surface area (Å²) in [6.07, 6.45) is 4.81. The van der Waals surface area contributed by atoms with Gasteiger partial charge in [0.1, 0.15) is 11.5 Å². The lowest BCUT2D eigenvalue weighted by Gasteiger charge is -2.48. The molecule has 5 atom stereocenters. The summed E-state index contributed by atoms with van der Waals surface area (Å²) in [6.45, 7) is 4.23. The van der Waals surface area contributed by atoms with Crippen molar-refractivity contribution in [2.24, 2.45) is 23.2 Å². The molecule has 0 amide bonds. The predicted octanol–water partition coefficient (Wildman–Crippen LogP) is 3.54. The number of ketones is 1. The van der Waals surface area contributed by atoms with Gasteiger partial charge >= 0.3 is 10.4 Å². The van der Waals surface area contributed by atoms with Crippen molar-refractivity contribution >= 4 is 16.2 Å². The molecule has 1 N–H and O–H groups in total. The van der Waals surface area contributed by atoms with E-state index in [1.54, 1.807) is 12.1 Å². The van der Waals surface area contributed by atoms with Gasteiger partial charge in [0, 0.05) is 11.3 Å². The van der Waals surface area contributed by atoms with Crippen LogP contribution in [0.4, 0.5) is 0 Å². The molecule has 2 saturated carbocycles. The Morgan fingerprint density at radius 3 is 2.76 bits per heavy atom. The maximum Gasteiger partial charge on any atom is 0.446 e. The summed E-state index contributed by atoms with van der Waals surface area (Å²) in [4.78, 5) is 12.7. The van der Waals surface area contributed by atoms with Gasteiger partial charge in [-0.2, -0.15) is 8.42 Å². The van der Waals surface area contributed by atoms with Crippen molar-refractivity contribution in [2.75, 3.05) is 0 Å². The Hall–Kier alpha value is -1.40. The Labute approximate surface area is 148 Å². The molecule has 1 unspecified atom stereocenters. The molecule has 0 radical (unpaired) electrons. The van der Waals surface area contributed by atoms with Gasteiger partial charge in [0.25, 0.3) is 0 Å². The smallest absolute Gasteiger partial charge is 0.362 e. The molecule has 25 heavy (non-hydrogen) atoms. The Kier molecular flexibility index (Phi) is 3.78. The molecule has 0 bridgehead atoms. The molecular weight excluding hydrogens is 340 g/mol. The number of aryl methyl sites for hydroxylation is 1. The van der Waals surface area contributed by atoms with Crippen LogP contribution in [0.2, 0.25) is 0 Å². The number of carbonyl (C=O) groups excluding carboxylic acids is 1. The zero-order chi connectivity index (χ0) is 18.0. The van der Waals surface area contributed by atoms with Crippen LogP contribution in [0.5, 0.6) is 5.75 Å². The van der Waals surface area contributed by atoms with Crippen LogP contribution < -0.4 is 4.18 Å². The Morgan fingerprint density at radius 2 is 2.04 bits per heavy atom. The summed E-state index contributed by atoms with van der Waals surface area (Å²) in [6, 6.07) is 5.29. The molecule has 2 fully saturated rings. The maximum atomic E-state index is 12.7. The molecule has 5 nitrogen and oxygen atoms in total. The highest BCUT2D eigenvalue weighted by Gasteiger charge is 2.56. The highest BCUT2D eigenvalue weighted by atomic mass is 32.3. The van der Waals surface area contributed by atoms with Gasteiger partial charge in [0.05, 0.1) is 0 Å². The van der Waals surface area contributed by atoms with Crippen LogP contribution in [-0.2, 0) is 21.6 Å². The number of carbonyl (C=O) groups is 1. The van der Waals surface area contributed by atoms with Gasteiger partial charge in [-0.25, -0.2) is 0 Å². The van der Waals surface area contributed by atoms with Crippen LogP contribution in [-0.4, -0.2) is 18.8 Å². The number of fused-ring (bicyclic) bond motifs is 5. The topological polar surface area (TPSA) is 80.7 Å². The van der Waals surface area contributed by atoms with E-state index in [4.69, 9.17) is 4.55 Å². The molecule has 3 aliphatic carbocycles. The van der Waals surface area contributed by atoms with Crippen LogP contribution in [0.15, 0.2) is 18.2 Å². The summed E-state index contributed by atoms with van der Waals surface area (Å²) in [5.74, 6) is 2.17. The Morgan fingerprint density at radius 1 is 1.28 bits per heavy atom. The largest absolute Gasteiger partial charge is 0.446 e. The molecule has 1 aromatic carbocycles. The van der Waals surface area contributed by atoms with E-state index in [0.29, 0.717) is 23.5 Å². The molecule has 0 aliphatic heterocycles. The zero-order valence-electron chi connectivity index (χ0n) is 14.6. The van der Waals surface area contributed by atoms with Gasteiger partial charge < -0.3 is 4.18 Å². The third-order valence-electron chi connectivity index (χ3n) is 6.91. The second-order valence-corrected chi connectivity index (χ2v) is 9.27. The van der Waals surface area contributed by atoms with E-state index in [1.807, 2.05) is 6.07 Å². The molecule has 136 valence electrons. The van der Waals surface area contributed by atoms with Crippen LogP contribution in [0, 0.1) is 23.2 Å². The van der Waals surface area contributed by atoms with E-state index in [9.17, 15) is 13.2 Å². The monoisotopic (exact) mass is 364 g/mol. The quantitative estimate of drug-likeness (QED) is 0.812. The lowest BCUT2D eigenvalue weighted by molar-refractivity contribution is -0.131. The van der Waals surface area contributed by atoms with Crippen LogP contribution in [0.3, 0.4) is 0 Å². The van der Waals surface area contributed by atoms with Crippen LogP contribution in [0.25, 0.3) is 0 Å². The fraction of sp³-hybridized carbons (Fsp3) is 0.632. The van der Waals surface area contributed by atoms with E-state index < -0.39 is 10.4 Å². The van der Waals surface area contributed by atoms with Gasteiger partial charge in [0.15, 0.2) is 0 Å². The van der Waals surface area contributed by atoms with Gasteiger partial charge in [-0.15, -0.1) is 0 Å². The molecular formula is C19H24O5S. The fourth-order valence-electron chi connectivity index (χ4n) is 5.84. The minimum absolute atomic E-state index is 0.157. The first-order valence-corrected chi connectivity index (χ1v) is 10.4. The SMILES string of the molecule is CC1C[C@H]2[C@@H]3CCc4cc(OS(=O)(=O)O)ccc4[C@H]3CC[C@]2(C)C1=O. The van der Waals surface area contributed by atoms with E-state index in [1.165, 1.54) is 5.56 Å². The third-order valence-corrected chi connectivity index (χ3v) is 7.31. The number of benzene rings is 1. The molecule has 0 spiro atoms. The van der Waals surface area contributed by atoms with Crippen molar-refractivity contribution in [2.45, 2.75) is 51.9 Å². The first-order valence-electron chi connectivity index (χ1n) is 9.03. The zero-order valence-corrected chi connectivity index (χ0v) is 15.4. The van der Waals surface area contributed by atoms with Gasteiger partial charge in [0.2, 0.25) is 0 Å². The summed E-state index contributed by atoms with van der Waals surface area (Å²) in [5.41, 5.74) is 2.20. The summed E-state index contributed by atoms with van der Waals surface area (Å²) in [7, 11) is -4.50. The molecule has 0 saturated heterocycles. The number of Topliss-reactive ketones (excluding diaryl/α,β-unsaturated/α-hetero) is 1. The minimum Gasteiger partial charge on any atom is -0.362 e. The highest BCUT2D eigenvalue weighted by molar-refractivity contribution is 7.81. The first kappa shape index (κ1) is 17.0. The van der Waals surface area contributed by atoms with E-state index in [-0.39, 0.29) is 17.1 Å². The molecule has 3 aliphatic rings. The van der Waals surface area contributed by atoms with Crippen molar-refractivity contribution in [1.82, 2.24) is 0 Å². The normalized spacial score (nSPS) is 37.2. The van der Waals surface area contributed by atoms with Crippen LogP contribution in [0.1, 0.15) is 56.6 Å². The van der Waals surface area contributed by atoms with E-state index in [0.717, 1.165) is 37.7 Å². The molecule has 6 heteroatoms. The highest BCUT2D eigenvalue weighted by Crippen LogP contribution is 2.60. The standard InChI is InChI=1S/C19H24O5S/c1-11-9-17-16-5-3-12-10-13(24-25(21,22)23)4-6-14(12)15(16)7-8-19(17,2)18(11)20/h4,6,10-11,15-17H,3,5,7-9H2,1-2H3,(H,21,22,23)/t11?,15-,16-,17+,19+/m1/s1. The summed E-state index contributed by atoms with van der Waals surface area (Å²) < 4.78 is 35.3. The molecule has 0 aromatic heterocycles. The second kappa shape index (κ2) is 5.55. The van der Waals surface area contributed by atoms with Gasteiger partial charge in [-0.3, -0.25) is 9.35 Å². The summed E-state index contributed by atoms with van der Waals surface area (Å²) >= 11 is 0. The minimum atomic E-state index is -4.50. The van der Waals surface area contributed by atoms with Crippen molar-refractivity contribution in [1.29, 1.82) is 0 Å². The predicted molar refractivity (Wildman–Crippen MR) is 92.8 cm³/mol. The Bertz CT molecular complexity index is 830. The van der Waals surface area contributed by atoms with Crippen LogP contribution >= 0.6 is 0 Å².